The van der Waals surface area contributed by atoms with Crippen molar-refractivity contribution in [3.8, 4) is 17.1 Å². The molecule has 1 amide bonds. The third-order valence-electron chi connectivity index (χ3n) is 4.32. The molecule has 0 aliphatic rings. The third kappa shape index (κ3) is 5.13. The largest absolute Gasteiger partial charge is 0.492 e. The number of pyridine rings is 1. The Bertz CT molecular complexity index is 1130. The Morgan fingerprint density at radius 2 is 2.06 bits per heavy atom. The summed E-state index contributed by atoms with van der Waals surface area (Å²) in [6.45, 7) is 2.87. The highest BCUT2D eigenvalue weighted by Crippen LogP contribution is 2.27. The minimum atomic E-state index is -0.160. The number of rotatable bonds is 9. The third-order valence-corrected chi connectivity index (χ3v) is 5.29. The van der Waals surface area contributed by atoms with Gasteiger partial charge in [-0.25, -0.2) is 0 Å². The zero-order chi connectivity index (χ0) is 21.5. The van der Waals surface area contributed by atoms with Gasteiger partial charge >= 0.3 is 0 Å². The van der Waals surface area contributed by atoms with E-state index in [1.807, 2.05) is 60.0 Å². The van der Waals surface area contributed by atoms with Gasteiger partial charge in [-0.3, -0.25) is 14.3 Å². The first-order valence-corrected chi connectivity index (χ1v) is 10.7. The number of hydrogen-bond acceptors (Lipinski definition) is 7. The van der Waals surface area contributed by atoms with Crippen molar-refractivity contribution in [1.29, 1.82) is 0 Å². The van der Waals surface area contributed by atoms with E-state index in [1.165, 1.54) is 11.8 Å². The lowest BCUT2D eigenvalue weighted by Crippen LogP contribution is -2.15. The molecule has 4 rings (SSSR count). The van der Waals surface area contributed by atoms with E-state index in [0.717, 1.165) is 11.3 Å². The first kappa shape index (κ1) is 20.7. The van der Waals surface area contributed by atoms with E-state index in [0.29, 0.717) is 35.6 Å². The van der Waals surface area contributed by atoms with Gasteiger partial charge in [-0.1, -0.05) is 23.9 Å². The highest BCUT2D eigenvalue weighted by atomic mass is 32.2. The Kier molecular flexibility index (Phi) is 6.63. The second-order valence-electron chi connectivity index (χ2n) is 6.48. The molecule has 0 radical (unpaired) electrons. The van der Waals surface area contributed by atoms with Crippen LogP contribution in [0.2, 0.25) is 0 Å². The highest BCUT2D eigenvalue weighted by Gasteiger charge is 2.17. The summed E-state index contributed by atoms with van der Waals surface area (Å²) < 4.78 is 13.0. The van der Waals surface area contributed by atoms with Gasteiger partial charge in [-0.05, 0) is 43.3 Å². The summed E-state index contributed by atoms with van der Waals surface area (Å²) in [4.78, 5) is 16.7. The van der Waals surface area contributed by atoms with Gasteiger partial charge in [0.2, 0.25) is 5.91 Å². The molecule has 0 saturated heterocycles. The summed E-state index contributed by atoms with van der Waals surface area (Å²) in [5, 5.41) is 12.1. The number of aromatic nitrogens is 4. The number of anilines is 1. The fourth-order valence-electron chi connectivity index (χ4n) is 2.97. The molecule has 1 aromatic carbocycles. The SMILES string of the molecule is CCOc1ccccc1NC(=O)CSc1nnc(-c2cccnc2)n1Cc1ccco1. The molecule has 0 aliphatic heterocycles. The maximum atomic E-state index is 12.6. The Balaban J connectivity index is 1.50. The van der Waals surface area contributed by atoms with Gasteiger partial charge in [-0.2, -0.15) is 0 Å². The van der Waals surface area contributed by atoms with Crippen LogP contribution in [0.3, 0.4) is 0 Å². The van der Waals surface area contributed by atoms with Crippen LogP contribution in [0.15, 0.2) is 76.8 Å². The first-order valence-electron chi connectivity index (χ1n) is 9.75. The fraction of sp³-hybridized carbons (Fsp3) is 0.182. The molecule has 0 fully saturated rings. The van der Waals surface area contributed by atoms with Crippen LogP contribution >= 0.6 is 11.8 Å². The Morgan fingerprint density at radius 3 is 2.84 bits per heavy atom. The van der Waals surface area contributed by atoms with Crippen molar-refractivity contribution < 1.29 is 13.9 Å². The standard InChI is InChI=1S/C22H21N5O3S/c1-2-29-19-10-4-3-9-18(19)24-20(28)15-31-22-26-25-21(16-7-5-11-23-13-16)27(22)14-17-8-6-12-30-17/h3-13H,2,14-15H2,1H3,(H,24,28). The Labute approximate surface area is 183 Å². The number of furan rings is 1. The molecular formula is C22H21N5O3S. The first-order chi connectivity index (χ1) is 15.2. The molecule has 0 aliphatic carbocycles. The smallest absolute Gasteiger partial charge is 0.234 e. The van der Waals surface area contributed by atoms with Gasteiger partial charge < -0.3 is 14.5 Å². The van der Waals surface area contributed by atoms with Crippen molar-refractivity contribution in [3.63, 3.8) is 0 Å². The van der Waals surface area contributed by atoms with Gasteiger partial charge in [-0.15, -0.1) is 10.2 Å². The quantitative estimate of drug-likeness (QED) is 0.395. The number of carbonyl (C=O) groups is 1. The molecule has 158 valence electrons. The van der Waals surface area contributed by atoms with E-state index in [9.17, 15) is 4.79 Å². The van der Waals surface area contributed by atoms with Crippen molar-refractivity contribution in [1.82, 2.24) is 19.7 Å². The Morgan fingerprint density at radius 1 is 1.16 bits per heavy atom. The van der Waals surface area contributed by atoms with Crippen LogP contribution in [0, 0.1) is 0 Å². The van der Waals surface area contributed by atoms with Crippen LogP contribution in [0.5, 0.6) is 5.75 Å². The highest BCUT2D eigenvalue weighted by molar-refractivity contribution is 7.99. The second-order valence-corrected chi connectivity index (χ2v) is 7.42. The number of benzene rings is 1. The minimum Gasteiger partial charge on any atom is -0.492 e. The molecule has 0 saturated carbocycles. The maximum Gasteiger partial charge on any atom is 0.234 e. The summed E-state index contributed by atoms with van der Waals surface area (Å²) in [6, 6.07) is 14.8. The molecule has 0 spiro atoms. The molecular weight excluding hydrogens is 414 g/mol. The van der Waals surface area contributed by atoms with Crippen molar-refractivity contribution in [2.24, 2.45) is 0 Å². The topological polar surface area (TPSA) is 95.1 Å². The fourth-order valence-corrected chi connectivity index (χ4v) is 3.71. The molecule has 3 heterocycles. The zero-order valence-electron chi connectivity index (χ0n) is 16.9. The van der Waals surface area contributed by atoms with E-state index in [2.05, 4.69) is 20.5 Å². The predicted molar refractivity (Wildman–Crippen MR) is 118 cm³/mol. The van der Waals surface area contributed by atoms with Crippen LogP contribution < -0.4 is 10.1 Å². The molecule has 9 heteroatoms. The summed E-state index contributed by atoms with van der Waals surface area (Å²) in [5.74, 6) is 2.08. The van der Waals surface area contributed by atoms with Crippen molar-refractivity contribution in [3.05, 3.63) is 72.9 Å². The van der Waals surface area contributed by atoms with E-state index in [1.54, 1.807) is 18.7 Å². The van der Waals surface area contributed by atoms with Crippen molar-refractivity contribution >= 4 is 23.4 Å². The van der Waals surface area contributed by atoms with E-state index < -0.39 is 0 Å². The van der Waals surface area contributed by atoms with Crippen molar-refractivity contribution in [2.45, 2.75) is 18.6 Å². The molecule has 0 atom stereocenters. The summed E-state index contributed by atoms with van der Waals surface area (Å²) in [6.07, 6.45) is 5.06. The van der Waals surface area contributed by atoms with E-state index in [-0.39, 0.29) is 11.7 Å². The van der Waals surface area contributed by atoms with Gasteiger partial charge in [0.15, 0.2) is 11.0 Å². The predicted octanol–water partition coefficient (Wildman–Crippen LogP) is 4.11. The summed E-state index contributed by atoms with van der Waals surface area (Å²) in [7, 11) is 0. The number of nitrogens with zero attached hydrogens (tertiary/aromatic N) is 4. The van der Waals surface area contributed by atoms with Crippen LogP contribution in [-0.2, 0) is 11.3 Å². The lowest BCUT2D eigenvalue weighted by Gasteiger charge is -2.11. The van der Waals surface area contributed by atoms with Crippen LogP contribution in [0.4, 0.5) is 5.69 Å². The van der Waals surface area contributed by atoms with Crippen molar-refractivity contribution in [2.75, 3.05) is 17.7 Å². The van der Waals surface area contributed by atoms with Crippen LogP contribution in [0.1, 0.15) is 12.7 Å². The number of para-hydroxylation sites is 2. The lowest BCUT2D eigenvalue weighted by molar-refractivity contribution is -0.113. The summed E-state index contributed by atoms with van der Waals surface area (Å²) in [5.41, 5.74) is 1.48. The molecule has 1 N–H and O–H groups in total. The normalized spacial score (nSPS) is 10.7. The molecule has 8 nitrogen and oxygen atoms in total. The van der Waals surface area contributed by atoms with Gasteiger partial charge in [0.1, 0.15) is 11.5 Å². The molecule has 0 bridgehead atoms. The monoisotopic (exact) mass is 435 g/mol. The van der Waals surface area contributed by atoms with Gasteiger partial charge in [0.05, 0.1) is 30.9 Å². The lowest BCUT2D eigenvalue weighted by atomic mass is 10.2. The number of hydrogen-bond donors (Lipinski definition) is 1. The minimum absolute atomic E-state index is 0.160. The van der Waals surface area contributed by atoms with Crippen LogP contribution in [-0.4, -0.2) is 38.0 Å². The molecule has 3 aromatic heterocycles. The molecule has 31 heavy (non-hydrogen) atoms. The molecule has 0 unspecified atom stereocenters. The second kappa shape index (κ2) is 9.94. The average Bonchev–Trinajstić information content (AvgIpc) is 3.45. The number of carbonyl (C=O) groups excluding carboxylic acids is 1. The average molecular weight is 436 g/mol. The van der Waals surface area contributed by atoms with Gasteiger partial charge in [0, 0.05) is 18.0 Å². The number of ether oxygens (including phenoxy) is 1. The van der Waals surface area contributed by atoms with Crippen LogP contribution in [0.25, 0.3) is 11.4 Å². The number of nitrogens with one attached hydrogen (secondary N) is 1. The van der Waals surface area contributed by atoms with Gasteiger partial charge in [0.25, 0.3) is 0 Å². The van der Waals surface area contributed by atoms with E-state index in [4.69, 9.17) is 9.15 Å². The zero-order valence-corrected chi connectivity index (χ0v) is 17.7. The summed E-state index contributed by atoms with van der Waals surface area (Å²) >= 11 is 1.31. The number of thioether (sulfide) groups is 1. The molecule has 4 aromatic rings. The Hall–Kier alpha value is -3.59. The maximum absolute atomic E-state index is 12.6. The van der Waals surface area contributed by atoms with E-state index >= 15 is 0 Å². The number of amides is 1.